The van der Waals surface area contributed by atoms with Crippen molar-refractivity contribution < 1.29 is 9.59 Å². The lowest BCUT2D eigenvalue weighted by molar-refractivity contribution is -0.139. The molecule has 2 fully saturated rings. The molecule has 2 amide bonds. The first kappa shape index (κ1) is 14.0. The van der Waals surface area contributed by atoms with Crippen molar-refractivity contribution in [2.45, 2.75) is 45.2 Å². The van der Waals surface area contributed by atoms with Gasteiger partial charge in [0.2, 0.25) is 11.8 Å². The minimum absolute atomic E-state index is 0.0249. The first-order valence-corrected chi connectivity index (χ1v) is 7.50. The molecule has 1 atom stereocenters. The molecule has 5 heteroatoms. The number of hydrogen-bond acceptors (Lipinski definition) is 3. The molecule has 0 aromatic carbocycles. The number of nitrogens with zero attached hydrogens (tertiary/aromatic N) is 2. The van der Waals surface area contributed by atoms with Crippen LogP contribution in [0.1, 0.15) is 37.3 Å². The molecule has 0 spiro atoms. The average Bonchev–Trinajstić information content (AvgIpc) is 3.28. The molecular weight excluding hydrogens is 266 g/mol. The molecule has 1 saturated carbocycles. The molecule has 0 bridgehead atoms. The molecule has 1 aliphatic carbocycles. The predicted molar refractivity (Wildman–Crippen MR) is 78.3 cm³/mol. The van der Waals surface area contributed by atoms with E-state index in [4.69, 9.17) is 0 Å². The summed E-state index contributed by atoms with van der Waals surface area (Å²) in [6, 6.07) is 1.95. The van der Waals surface area contributed by atoms with Crippen molar-refractivity contribution in [2.24, 2.45) is 5.92 Å². The van der Waals surface area contributed by atoms with E-state index >= 15 is 0 Å². The van der Waals surface area contributed by atoms with Gasteiger partial charge >= 0.3 is 0 Å². The van der Waals surface area contributed by atoms with Crippen LogP contribution in [0.4, 0.5) is 0 Å². The number of rotatable bonds is 3. The van der Waals surface area contributed by atoms with Crippen LogP contribution in [0.3, 0.4) is 0 Å². The predicted octanol–water partition coefficient (Wildman–Crippen LogP) is 1.41. The Morgan fingerprint density at radius 2 is 2.19 bits per heavy atom. The maximum absolute atomic E-state index is 12.9. The van der Waals surface area contributed by atoms with E-state index in [1.165, 1.54) is 0 Å². The largest absolute Gasteiger partial charge is 0.342 e. The molecule has 112 valence electrons. The Morgan fingerprint density at radius 1 is 1.43 bits per heavy atom. The molecule has 1 aromatic heterocycles. The summed E-state index contributed by atoms with van der Waals surface area (Å²) in [5, 5.41) is 2.95. The van der Waals surface area contributed by atoms with E-state index in [-0.39, 0.29) is 17.7 Å². The number of carbonyl (C=O) groups excluding carboxylic acids is 2. The highest BCUT2D eigenvalue weighted by Crippen LogP contribution is 2.41. The lowest BCUT2D eigenvalue weighted by Gasteiger charge is -2.32. The quantitative estimate of drug-likeness (QED) is 0.914. The van der Waals surface area contributed by atoms with Crippen LogP contribution in [0.25, 0.3) is 0 Å². The molecule has 5 nitrogen and oxygen atoms in total. The smallest absolute Gasteiger partial charge is 0.248 e. The number of carbonyl (C=O) groups is 2. The zero-order valence-corrected chi connectivity index (χ0v) is 12.6. The van der Waals surface area contributed by atoms with Gasteiger partial charge in [-0.25, -0.2) is 0 Å². The summed E-state index contributed by atoms with van der Waals surface area (Å²) in [6.07, 6.45) is 5.96. The summed E-state index contributed by atoms with van der Waals surface area (Å²) in [6.45, 7) is 4.89. The highest BCUT2D eigenvalue weighted by atomic mass is 16.2. The van der Waals surface area contributed by atoms with Gasteiger partial charge in [-0.3, -0.25) is 14.6 Å². The molecular formula is C16H21N3O2. The molecule has 1 N–H and O–H groups in total. The zero-order chi connectivity index (χ0) is 15.0. The van der Waals surface area contributed by atoms with Crippen molar-refractivity contribution in [3.05, 3.63) is 29.6 Å². The maximum atomic E-state index is 12.9. The third kappa shape index (κ3) is 2.64. The summed E-state index contributed by atoms with van der Waals surface area (Å²) < 4.78 is 0. The van der Waals surface area contributed by atoms with E-state index in [0.717, 1.165) is 24.0 Å². The van der Waals surface area contributed by atoms with Crippen LogP contribution < -0.4 is 5.32 Å². The summed E-state index contributed by atoms with van der Waals surface area (Å²) >= 11 is 0. The Balaban J connectivity index is 1.85. The van der Waals surface area contributed by atoms with Gasteiger partial charge in [-0.05, 0) is 49.8 Å². The fourth-order valence-electron chi connectivity index (χ4n) is 3.03. The van der Waals surface area contributed by atoms with Gasteiger partial charge in [-0.2, -0.15) is 0 Å². The molecule has 3 rings (SSSR count). The van der Waals surface area contributed by atoms with Crippen LogP contribution in [0, 0.1) is 12.8 Å². The van der Waals surface area contributed by atoms with E-state index in [1.54, 1.807) is 17.3 Å². The normalized spacial score (nSPS) is 26.5. The van der Waals surface area contributed by atoms with E-state index in [1.807, 2.05) is 19.9 Å². The number of amides is 2. The van der Waals surface area contributed by atoms with Crippen LogP contribution >= 0.6 is 0 Å². The van der Waals surface area contributed by atoms with Gasteiger partial charge in [0, 0.05) is 31.9 Å². The number of aryl methyl sites for hydroxylation is 1. The van der Waals surface area contributed by atoms with Crippen LogP contribution in [0.5, 0.6) is 0 Å². The highest BCUT2D eigenvalue weighted by molar-refractivity contribution is 5.93. The number of hydrogen-bond donors (Lipinski definition) is 1. The Bertz CT molecular complexity index is 583. The standard InChI is InChI=1S/C16H21N3O2/c1-11-5-7-17-9-12(11)10-19-8-6-14(20)18-16(2,15(19)21)13-3-4-13/h5,7,9,13H,3-4,6,8,10H2,1-2H3,(H,18,20). The van der Waals surface area contributed by atoms with Crippen molar-refractivity contribution in [2.75, 3.05) is 6.54 Å². The monoisotopic (exact) mass is 287 g/mol. The summed E-state index contributed by atoms with van der Waals surface area (Å²) in [4.78, 5) is 30.8. The van der Waals surface area contributed by atoms with Crippen LogP contribution in [-0.4, -0.2) is 33.8 Å². The van der Waals surface area contributed by atoms with E-state index in [0.29, 0.717) is 19.5 Å². The third-order valence-corrected chi connectivity index (χ3v) is 4.64. The molecule has 1 aliphatic heterocycles. The molecule has 0 radical (unpaired) electrons. The minimum Gasteiger partial charge on any atom is -0.342 e. The van der Waals surface area contributed by atoms with Crippen molar-refractivity contribution in [1.29, 1.82) is 0 Å². The van der Waals surface area contributed by atoms with Crippen molar-refractivity contribution >= 4 is 11.8 Å². The van der Waals surface area contributed by atoms with Gasteiger partial charge < -0.3 is 10.2 Å². The van der Waals surface area contributed by atoms with Gasteiger partial charge in [-0.1, -0.05) is 0 Å². The Kier molecular flexibility index (Phi) is 3.43. The Labute approximate surface area is 124 Å². The maximum Gasteiger partial charge on any atom is 0.248 e. The topological polar surface area (TPSA) is 62.3 Å². The number of pyridine rings is 1. The minimum atomic E-state index is -0.732. The first-order valence-electron chi connectivity index (χ1n) is 7.50. The second kappa shape index (κ2) is 5.13. The second-order valence-corrected chi connectivity index (χ2v) is 6.30. The summed E-state index contributed by atoms with van der Waals surface area (Å²) in [5.41, 5.74) is 1.43. The van der Waals surface area contributed by atoms with Crippen molar-refractivity contribution in [1.82, 2.24) is 15.2 Å². The number of aromatic nitrogens is 1. The molecule has 1 unspecified atom stereocenters. The highest BCUT2D eigenvalue weighted by Gasteiger charge is 2.51. The molecule has 2 aliphatic rings. The fourth-order valence-corrected chi connectivity index (χ4v) is 3.03. The van der Waals surface area contributed by atoms with E-state index < -0.39 is 5.54 Å². The zero-order valence-electron chi connectivity index (χ0n) is 12.6. The third-order valence-electron chi connectivity index (χ3n) is 4.64. The SMILES string of the molecule is Cc1ccncc1CN1CCC(=O)NC(C)(C2CC2)C1=O. The van der Waals surface area contributed by atoms with Gasteiger partial charge in [0.15, 0.2) is 0 Å². The van der Waals surface area contributed by atoms with Crippen LogP contribution in [-0.2, 0) is 16.1 Å². The van der Waals surface area contributed by atoms with Gasteiger partial charge in [0.25, 0.3) is 0 Å². The van der Waals surface area contributed by atoms with Crippen LogP contribution in [0.15, 0.2) is 18.5 Å². The molecule has 2 heterocycles. The van der Waals surface area contributed by atoms with Gasteiger partial charge in [-0.15, -0.1) is 0 Å². The average molecular weight is 287 g/mol. The molecule has 21 heavy (non-hydrogen) atoms. The van der Waals surface area contributed by atoms with Gasteiger partial charge in [0.05, 0.1) is 0 Å². The fraction of sp³-hybridized carbons (Fsp3) is 0.562. The lowest BCUT2D eigenvalue weighted by atomic mass is 9.94. The van der Waals surface area contributed by atoms with E-state index in [9.17, 15) is 9.59 Å². The van der Waals surface area contributed by atoms with E-state index in [2.05, 4.69) is 10.3 Å². The molecule has 1 aromatic rings. The van der Waals surface area contributed by atoms with Crippen molar-refractivity contribution in [3.63, 3.8) is 0 Å². The summed E-state index contributed by atoms with van der Waals surface area (Å²) in [7, 11) is 0. The van der Waals surface area contributed by atoms with Crippen LogP contribution in [0.2, 0.25) is 0 Å². The number of nitrogens with one attached hydrogen (secondary N) is 1. The van der Waals surface area contributed by atoms with Gasteiger partial charge in [0.1, 0.15) is 5.54 Å². The lowest BCUT2D eigenvalue weighted by Crippen LogP contribution is -2.56. The van der Waals surface area contributed by atoms with Crippen molar-refractivity contribution in [3.8, 4) is 0 Å². The Hall–Kier alpha value is -1.91. The Morgan fingerprint density at radius 3 is 2.86 bits per heavy atom. The summed E-state index contributed by atoms with van der Waals surface area (Å²) in [5.74, 6) is 0.298. The second-order valence-electron chi connectivity index (χ2n) is 6.30. The first-order chi connectivity index (χ1) is 10.0. The molecule has 1 saturated heterocycles.